The van der Waals surface area contributed by atoms with Gasteiger partial charge < -0.3 is 11.1 Å². The second kappa shape index (κ2) is 6.69. The van der Waals surface area contributed by atoms with E-state index < -0.39 is 0 Å². The molecule has 2 aromatic rings. The zero-order valence-electron chi connectivity index (χ0n) is 12.1. The number of nitrogens with zero attached hydrogens (tertiary/aromatic N) is 1. The number of hydrogen-bond acceptors (Lipinski definition) is 4. The van der Waals surface area contributed by atoms with Crippen LogP contribution in [0.5, 0.6) is 0 Å². The van der Waals surface area contributed by atoms with E-state index in [0.29, 0.717) is 22.8 Å². The number of carbonyl (C=O) groups is 1. The average molecular weight is 336 g/mol. The van der Waals surface area contributed by atoms with E-state index in [9.17, 15) is 4.79 Å². The predicted molar refractivity (Wildman–Crippen MR) is 92.4 cm³/mol. The lowest BCUT2D eigenvalue weighted by Gasteiger charge is -2.26. The van der Waals surface area contributed by atoms with Gasteiger partial charge in [-0.2, -0.15) is 0 Å². The molecule has 0 radical (unpaired) electrons. The van der Waals surface area contributed by atoms with Crippen molar-refractivity contribution in [3.63, 3.8) is 0 Å². The van der Waals surface area contributed by atoms with Crippen molar-refractivity contribution in [3.8, 4) is 0 Å². The largest absolute Gasteiger partial charge is 0.397 e. The fourth-order valence-corrected chi connectivity index (χ4v) is 3.61. The van der Waals surface area contributed by atoms with Crippen molar-refractivity contribution in [1.82, 2.24) is 4.90 Å². The first kappa shape index (κ1) is 15.3. The second-order valence-corrected chi connectivity index (χ2v) is 6.84. The summed E-state index contributed by atoms with van der Waals surface area (Å²) in [5.74, 6) is -0.00200. The molecule has 0 fully saturated rings. The summed E-state index contributed by atoms with van der Waals surface area (Å²) in [4.78, 5) is 15.8. The molecule has 0 unspecified atom stereocenters. The molecule has 3 rings (SSSR count). The van der Waals surface area contributed by atoms with Crippen LogP contribution in [0, 0.1) is 0 Å². The maximum Gasteiger partial charge on any atom is 0.225 e. The highest BCUT2D eigenvalue weighted by molar-refractivity contribution is 7.10. The van der Waals surface area contributed by atoms with Gasteiger partial charge in [-0.25, -0.2) is 0 Å². The molecular weight excluding hydrogens is 318 g/mol. The highest BCUT2D eigenvalue weighted by Gasteiger charge is 2.17. The van der Waals surface area contributed by atoms with Gasteiger partial charge in [-0.3, -0.25) is 9.69 Å². The Morgan fingerprint density at radius 1 is 1.41 bits per heavy atom. The molecule has 0 saturated heterocycles. The molecule has 4 nitrogen and oxygen atoms in total. The lowest BCUT2D eigenvalue weighted by molar-refractivity contribution is -0.116. The van der Waals surface area contributed by atoms with E-state index in [-0.39, 0.29) is 5.91 Å². The Labute approximate surface area is 138 Å². The number of nitrogens with one attached hydrogen (secondary N) is 1. The quantitative estimate of drug-likeness (QED) is 0.842. The van der Waals surface area contributed by atoms with Crippen molar-refractivity contribution in [2.75, 3.05) is 24.1 Å². The first-order chi connectivity index (χ1) is 10.6. The van der Waals surface area contributed by atoms with Gasteiger partial charge in [-0.15, -0.1) is 11.3 Å². The Kier molecular flexibility index (Phi) is 4.66. The monoisotopic (exact) mass is 335 g/mol. The van der Waals surface area contributed by atoms with E-state index in [0.717, 1.165) is 26.1 Å². The van der Waals surface area contributed by atoms with Gasteiger partial charge in [-0.05, 0) is 41.6 Å². The summed E-state index contributed by atoms with van der Waals surface area (Å²) < 4.78 is 0. The third-order valence-electron chi connectivity index (χ3n) is 3.82. The zero-order valence-corrected chi connectivity index (χ0v) is 13.7. The molecule has 1 aliphatic rings. The number of amides is 1. The lowest BCUT2D eigenvalue weighted by Crippen LogP contribution is -2.32. The normalized spacial score (nSPS) is 14.6. The third kappa shape index (κ3) is 3.61. The van der Waals surface area contributed by atoms with Crippen LogP contribution in [0.2, 0.25) is 5.02 Å². The molecule has 22 heavy (non-hydrogen) atoms. The van der Waals surface area contributed by atoms with E-state index in [1.807, 2.05) is 11.3 Å². The van der Waals surface area contributed by atoms with E-state index in [1.54, 1.807) is 18.2 Å². The molecule has 1 aromatic carbocycles. The van der Waals surface area contributed by atoms with Gasteiger partial charge in [0.1, 0.15) is 0 Å². The van der Waals surface area contributed by atoms with Crippen LogP contribution in [-0.4, -0.2) is 23.9 Å². The highest BCUT2D eigenvalue weighted by atomic mass is 35.5. The summed E-state index contributed by atoms with van der Waals surface area (Å²) in [6.45, 7) is 2.74. The maximum atomic E-state index is 12.0. The third-order valence-corrected chi connectivity index (χ3v) is 5.19. The number of rotatable bonds is 4. The second-order valence-electron chi connectivity index (χ2n) is 5.43. The van der Waals surface area contributed by atoms with Crippen molar-refractivity contribution >= 4 is 40.2 Å². The van der Waals surface area contributed by atoms with Crippen molar-refractivity contribution in [2.45, 2.75) is 19.4 Å². The first-order valence-corrected chi connectivity index (χ1v) is 8.50. The lowest BCUT2D eigenvalue weighted by atomic mass is 10.1. The molecule has 0 spiro atoms. The van der Waals surface area contributed by atoms with Gasteiger partial charge in [0.25, 0.3) is 0 Å². The molecular formula is C16H18ClN3OS. The molecule has 0 aliphatic carbocycles. The number of halogens is 1. The number of thiophene rings is 1. The highest BCUT2D eigenvalue weighted by Crippen LogP contribution is 2.24. The number of carbonyl (C=O) groups excluding carboxylic acids is 1. The molecule has 116 valence electrons. The SMILES string of the molecule is Nc1cc(NC(=O)CCN2CCc3sccc3C2)ccc1Cl. The molecule has 1 aliphatic heterocycles. The zero-order chi connectivity index (χ0) is 15.5. The standard InChI is InChI=1S/C16H18ClN3OS/c17-13-2-1-12(9-14(13)18)19-16(21)4-7-20-6-3-15-11(10-20)5-8-22-15/h1-2,5,8-9H,3-4,6-7,10,18H2,(H,19,21). The molecule has 0 bridgehead atoms. The molecule has 1 aromatic heterocycles. The van der Waals surface area contributed by atoms with Crippen LogP contribution in [0.4, 0.5) is 11.4 Å². The van der Waals surface area contributed by atoms with E-state index in [1.165, 1.54) is 10.4 Å². The molecule has 2 heterocycles. The number of anilines is 2. The Bertz CT molecular complexity index is 686. The molecule has 0 saturated carbocycles. The summed E-state index contributed by atoms with van der Waals surface area (Å²) in [6.07, 6.45) is 1.56. The van der Waals surface area contributed by atoms with Gasteiger partial charge in [0.2, 0.25) is 5.91 Å². The number of benzene rings is 1. The number of nitrogens with two attached hydrogens (primary N) is 1. The molecule has 1 amide bonds. The number of nitrogen functional groups attached to an aromatic ring is 1. The first-order valence-electron chi connectivity index (χ1n) is 7.24. The average Bonchev–Trinajstić information content (AvgIpc) is 2.96. The summed E-state index contributed by atoms with van der Waals surface area (Å²) in [6, 6.07) is 7.31. The Morgan fingerprint density at radius 3 is 3.09 bits per heavy atom. The van der Waals surface area contributed by atoms with Gasteiger partial charge in [-0.1, -0.05) is 11.6 Å². The Balaban J connectivity index is 1.49. The van der Waals surface area contributed by atoms with E-state index >= 15 is 0 Å². The number of fused-ring (bicyclic) bond motifs is 1. The molecule has 6 heteroatoms. The minimum absolute atomic E-state index is 0.00200. The molecule has 3 N–H and O–H groups in total. The summed E-state index contributed by atoms with van der Waals surface area (Å²) in [5, 5.41) is 5.50. The van der Waals surface area contributed by atoms with Crippen molar-refractivity contribution in [2.24, 2.45) is 0 Å². The smallest absolute Gasteiger partial charge is 0.225 e. The topological polar surface area (TPSA) is 58.4 Å². The minimum Gasteiger partial charge on any atom is -0.397 e. The summed E-state index contributed by atoms with van der Waals surface area (Å²) in [7, 11) is 0. The Morgan fingerprint density at radius 2 is 2.27 bits per heavy atom. The van der Waals surface area contributed by atoms with Crippen LogP contribution in [0.3, 0.4) is 0 Å². The van der Waals surface area contributed by atoms with Crippen LogP contribution >= 0.6 is 22.9 Å². The number of hydrogen-bond donors (Lipinski definition) is 2. The van der Waals surface area contributed by atoms with E-state index in [4.69, 9.17) is 17.3 Å². The van der Waals surface area contributed by atoms with Crippen molar-refractivity contribution in [3.05, 3.63) is 45.1 Å². The predicted octanol–water partition coefficient (Wildman–Crippen LogP) is 3.37. The van der Waals surface area contributed by atoms with E-state index in [2.05, 4.69) is 21.7 Å². The van der Waals surface area contributed by atoms with Crippen molar-refractivity contribution < 1.29 is 4.79 Å². The van der Waals surface area contributed by atoms with Crippen molar-refractivity contribution in [1.29, 1.82) is 0 Å². The van der Waals surface area contributed by atoms with Crippen LogP contribution in [0.25, 0.3) is 0 Å². The Hall–Kier alpha value is -1.56. The van der Waals surface area contributed by atoms with Gasteiger partial charge in [0.15, 0.2) is 0 Å². The van der Waals surface area contributed by atoms with Crippen LogP contribution in [0.1, 0.15) is 16.9 Å². The maximum absolute atomic E-state index is 12.0. The van der Waals surface area contributed by atoms with Gasteiger partial charge in [0.05, 0.1) is 10.7 Å². The molecule has 0 atom stereocenters. The minimum atomic E-state index is -0.00200. The summed E-state index contributed by atoms with van der Waals surface area (Å²) >= 11 is 7.70. The van der Waals surface area contributed by atoms with Gasteiger partial charge >= 0.3 is 0 Å². The fraction of sp³-hybridized carbons (Fsp3) is 0.312. The van der Waals surface area contributed by atoms with Crippen LogP contribution < -0.4 is 11.1 Å². The summed E-state index contributed by atoms with van der Waals surface area (Å²) in [5.41, 5.74) is 8.29. The van der Waals surface area contributed by atoms with Gasteiger partial charge in [0, 0.05) is 36.6 Å². The van der Waals surface area contributed by atoms with Crippen LogP contribution in [-0.2, 0) is 17.8 Å². The fourth-order valence-electron chi connectivity index (χ4n) is 2.60. The van der Waals surface area contributed by atoms with Crippen LogP contribution in [0.15, 0.2) is 29.6 Å².